The first-order chi connectivity index (χ1) is 11.3. The molecule has 23 heavy (non-hydrogen) atoms. The monoisotopic (exact) mass is 318 g/mol. The second-order valence-corrected chi connectivity index (χ2v) is 6.37. The van der Waals surface area contributed by atoms with E-state index in [1.165, 1.54) is 6.20 Å². The van der Waals surface area contributed by atoms with E-state index in [9.17, 15) is 4.79 Å². The molecule has 124 valence electrons. The van der Waals surface area contributed by atoms with Gasteiger partial charge in [-0.25, -0.2) is 0 Å². The Morgan fingerprint density at radius 3 is 2.78 bits per heavy atom. The number of aromatic amines is 2. The first kappa shape index (κ1) is 14.6. The second-order valence-electron chi connectivity index (χ2n) is 6.37. The van der Waals surface area contributed by atoms with E-state index in [4.69, 9.17) is 4.74 Å². The molecule has 4 rings (SSSR count). The van der Waals surface area contributed by atoms with Crippen molar-refractivity contribution in [3.63, 3.8) is 0 Å². The summed E-state index contributed by atoms with van der Waals surface area (Å²) in [5, 5.41) is 7.17. The summed E-state index contributed by atoms with van der Waals surface area (Å²) in [7, 11) is 0. The van der Waals surface area contributed by atoms with Crippen LogP contribution in [-0.4, -0.2) is 71.0 Å². The van der Waals surface area contributed by atoms with Crippen LogP contribution in [0.5, 0.6) is 0 Å². The van der Waals surface area contributed by atoms with Crippen LogP contribution < -0.4 is 10.5 Å². The van der Waals surface area contributed by atoms with E-state index < -0.39 is 0 Å². The Labute approximate surface area is 133 Å². The number of morpholine rings is 1. The standard InChI is InChI=1S/C15H22N6O2/c22-14-12-9-16-19-13(12)17-15(18-14)21-3-1-11(2-4-21)10-20-5-7-23-8-6-20/h9,11H,1-8,10H2,(H2,16,17,18,19,22). The fourth-order valence-electron chi connectivity index (χ4n) is 3.46. The molecule has 8 heteroatoms. The van der Waals surface area contributed by atoms with Crippen LogP contribution in [0.2, 0.25) is 0 Å². The molecule has 0 amide bonds. The van der Waals surface area contributed by atoms with Crippen molar-refractivity contribution >= 4 is 17.0 Å². The van der Waals surface area contributed by atoms with Gasteiger partial charge >= 0.3 is 0 Å². The van der Waals surface area contributed by atoms with Gasteiger partial charge in [-0.3, -0.25) is 19.8 Å². The van der Waals surface area contributed by atoms with Crippen molar-refractivity contribution in [2.45, 2.75) is 12.8 Å². The van der Waals surface area contributed by atoms with Gasteiger partial charge < -0.3 is 9.64 Å². The maximum atomic E-state index is 12.0. The van der Waals surface area contributed by atoms with Gasteiger partial charge in [-0.05, 0) is 18.8 Å². The number of aromatic nitrogens is 4. The van der Waals surface area contributed by atoms with Crippen LogP contribution in [0.4, 0.5) is 5.95 Å². The lowest BCUT2D eigenvalue weighted by Crippen LogP contribution is -2.43. The van der Waals surface area contributed by atoms with Crippen LogP contribution in [0.25, 0.3) is 11.0 Å². The Hall–Kier alpha value is -1.93. The van der Waals surface area contributed by atoms with Gasteiger partial charge in [0.1, 0.15) is 5.39 Å². The first-order valence-corrected chi connectivity index (χ1v) is 8.28. The minimum atomic E-state index is -0.130. The molecule has 0 radical (unpaired) electrons. The van der Waals surface area contributed by atoms with Gasteiger partial charge in [0.05, 0.1) is 19.4 Å². The zero-order chi connectivity index (χ0) is 15.6. The third-order valence-corrected chi connectivity index (χ3v) is 4.84. The topological polar surface area (TPSA) is 90.1 Å². The third kappa shape index (κ3) is 3.09. The van der Waals surface area contributed by atoms with E-state index in [0.717, 1.165) is 58.8 Å². The van der Waals surface area contributed by atoms with Gasteiger partial charge in [-0.1, -0.05) is 0 Å². The number of rotatable bonds is 3. The van der Waals surface area contributed by atoms with Gasteiger partial charge in [0, 0.05) is 32.7 Å². The van der Waals surface area contributed by atoms with Crippen LogP contribution in [0.3, 0.4) is 0 Å². The van der Waals surface area contributed by atoms with Crippen LogP contribution in [0.15, 0.2) is 11.0 Å². The van der Waals surface area contributed by atoms with Gasteiger partial charge in [0.2, 0.25) is 5.95 Å². The van der Waals surface area contributed by atoms with Crippen molar-refractivity contribution < 1.29 is 4.74 Å². The molecule has 0 aromatic carbocycles. The molecule has 0 spiro atoms. The van der Waals surface area contributed by atoms with Crippen molar-refractivity contribution in [1.82, 2.24) is 25.1 Å². The summed E-state index contributed by atoms with van der Waals surface area (Å²) in [6.07, 6.45) is 3.77. The van der Waals surface area contributed by atoms with Gasteiger partial charge in [0.25, 0.3) is 5.56 Å². The number of fused-ring (bicyclic) bond motifs is 1. The number of hydrogen-bond acceptors (Lipinski definition) is 6. The molecule has 2 saturated heterocycles. The van der Waals surface area contributed by atoms with Gasteiger partial charge in [-0.2, -0.15) is 10.1 Å². The van der Waals surface area contributed by atoms with E-state index in [2.05, 4.69) is 30.0 Å². The molecule has 2 aromatic rings. The summed E-state index contributed by atoms with van der Waals surface area (Å²) in [5.41, 5.74) is 0.424. The molecular formula is C15H22N6O2. The Kier molecular flexibility index (Phi) is 4.00. The highest BCUT2D eigenvalue weighted by atomic mass is 16.5. The van der Waals surface area contributed by atoms with Crippen LogP contribution in [0, 0.1) is 5.92 Å². The predicted molar refractivity (Wildman–Crippen MR) is 86.7 cm³/mol. The second kappa shape index (κ2) is 6.29. The fourth-order valence-corrected chi connectivity index (χ4v) is 3.46. The SMILES string of the molecule is O=c1[nH]c(N2CCC(CN3CCOCC3)CC2)nc2[nH]ncc12. The molecule has 0 bridgehead atoms. The molecule has 0 unspecified atom stereocenters. The first-order valence-electron chi connectivity index (χ1n) is 8.28. The van der Waals surface area contributed by atoms with E-state index in [0.29, 0.717) is 22.9 Å². The molecule has 2 aliphatic heterocycles. The number of nitrogens with one attached hydrogen (secondary N) is 2. The predicted octanol–water partition coefficient (Wildman–Crippen LogP) is 0.195. The van der Waals surface area contributed by atoms with E-state index >= 15 is 0 Å². The van der Waals surface area contributed by atoms with Crippen LogP contribution in [0.1, 0.15) is 12.8 Å². The molecule has 2 aromatic heterocycles. The normalized spacial score (nSPS) is 21.1. The van der Waals surface area contributed by atoms with Crippen molar-refractivity contribution in [3.05, 3.63) is 16.6 Å². The van der Waals surface area contributed by atoms with Crippen molar-refractivity contribution in [2.24, 2.45) is 5.92 Å². The Morgan fingerprint density at radius 1 is 1.22 bits per heavy atom. The number of ether oxygens (including phenoxy) is 1. The highest BCUT2D eigenvalue weighted by Crippen LogP contribution is 2.22. The molecule has 2 aliphatic rings. The van der Waals surface area contributed by atoms with E-state index in [1.54, 1.807) is 0 Å². The lowest BCUT2D eigenvalue weighted by atomic mass is 9.96. The average molecular weight is 318 g/mol. The number of nitrogens with zero attached hydrogens (tertiary/aromatic N) is 4. The summed E-state index contributed by atoms with van der Waals surface area (Å²) in [6, 6.07) is 0. The van der Waals surface area contributed by atoms with Crippen molar-refractivity contribution in [1.29, 1.82) is 0 Å². The van der Waals surface area contributed by atoms with Gasteiger partial charge in [-0.15, -0.1) is 0 Å². The van der Waals surface area contributed by atoms with E-state index in [-0.39, 0.29) is 5.56 Å². The Bertz CT molecular complexity index is 712. The average Bonchev–Trinajstić information content (AvgIpc) is 3.06. The molecule has 4 heterocycles. The molecule has 2 N–H and O–H groups in total. The highest BCUT2D eigenvalue weighted by Gasteiger charge is 2.24. The molecule has 8 nitrogen and oxygen atoms in total. The molecule has 0 saturated carbocycles. The third-order valence-electron chi connectivity index (χ3n) is 4.84. The lowest BCUT2D eigenvalue weighted by molar-refractivity contribution is 0.0289. The smallest absolute Gasteiger partial charge is 0.263 e. The largest absolute Gasteiger partial charge is 0.379 e. The zero-order valence-electron chi connectivity index (χ0n) is 13.1. The highest BCUT2D eigenvalue weighted by molar-refractivity contribution is 5.73. The molecule has 0 atom stereocenters. The summed E-state index contributed by atoms with van der Waals surface area (Å²) in [4.78, 5) is 24.1. The number of H-pyrrole nitrogens is 2. The molecule has 2 fully saturated rings. The molecular weight excluding hydrogens is 296 g/mol. The minimum absolute atomic E-state index is 0.130. The molecule has 0 aliphatic carbocycles. The number of anilines is 1. The lowest BCUT2D eigenvalue weighted by Gasteiger charge is -2.36. The maximum absolute atomic E-state index is 12.0. The fraction of sp³-hybridized carbons (Fsp3) is 0.667. The number of hydrogen-bond donors (Lipinski definition) is 2. The maximum Gasteiger partial charge on any atom is 0.263 e. The summed E-state index contributed by atoms with van der Waals surface area (Å²) in [5.74, 6) is 1.36. The summed E-state index contributed by atoms with van der Waals surface area (Å²) in [6.45, 7) is 6.81. The van der Waals surface area contributed by atoms with Crippen molar-refractivity contribution in [2.75, 3.05) is 50.8 Å². The summed E-state index contributed by atoms with van der Waals surface area (Å²) < 4.78 is 5.40. The zero-order valence-corrected chi connectivity index (χ0v) is 13.1. The Balaban J connectivity index is 1.39. The summed E-state index contributed by atoms with van der Waals surface area (Å²) >= 11 is 0. The van der Waals surface area contributed by atoms with Gasteiger partial charge in [0.15, 0.2) is 5.65 Å². The van der Waals surface area contributed by atoms with Crippen LogP contribution in [-0.2, 0) is 4.74 Å². The Morgan fingerprint density at radius 2 is 2.00 bits per heavy atom. The quantitative estimate of drug-likeness (QED) is 0.840. The number of piperidine rings is 1. The minimum Gasteiger partial charge on any atom is -0.379 e. The van der Waals surface area contributed by atoms with Crippen LogP contribution >= 0.6 is 0 Å². The van der Waals surface area contributed by atoms with Crippen molar-refractivity contribution in [3.8, 4) is 0 Å². The van der Waals surface area contributed by atoms with E-state index in [1.807, 2.05) is 0 Å².